The highest BCUT2D eigenvalue weighted by Gasteiger charge is 2.07. The van der Waals surface area contributed by atoms with Crippen LogP contribution in [0.4, 0.5) is 4.39 Å². The van der Waals surface area contributed by atoms with Gasteiger partial charge in [-0.05, 0) is 43.8 Å². The van der Waals surface area contributed by atoms with E-state index in [1.54, 1.807) is 24.3 Å². The fraction of sp³-hybridized carbons (Fsp3) is 0.368. The van der Waals surface area contributed by atoms with Crippen molar-refractivity contribution in [2.75, 3.05) is 26.2 Å². The zero-order chi connectivity index (χ0) is 17.9. The highest BCUT2D eigenvalue weighted by molar-refractivity contribution is 6.30. The fourth-order valence-corrected chi connectivity index (χ4v) is 2.56. The van der Waals surface area contributed by atoms with Gasteiger partial charge < -0.3 is 20.5 Å². The maximum absolute atomic E-state index is 13.7. The van der Waals surface area contributed by atoms with E-state index < -0.39 is 0 Å². The van der Waals surface area contributed by atoms with E-state index in [0.717, 1.165) is 25.1 Å². The van der Waals surface area contributed by atoms with E-state index in [-0.39, 0.29) is 19.0 Å². The van der Waals surface area contributed by atoms with E-state index in [9.17, 15) is 4.39 Å². The van der Waals surface area contributed by atoms with Crippen LogP contribution in [0.15, 0.2) is 42.5 Å². The van der Waals surface area contributed by atoms with Gasteiger partial charge in [-0.1, -0.05) is 29.8 Å². The highest BCUT2D eigenvalue weighted by Crippen LogP contribution is 2.24. The van der Waals surface area contributed by atoms with Gasteiger partial charge in [0.1, 0.15) is 18.2 Å². The van der Waals surface area contributed by atoms with E-state index >= 15 is 0 Å². The predicted molar refractivity (Wildman–Crippen MR) is 98.5 cm³/mol. The minimum absolute atomic E-state index is 0.151. The van der Waals surface area contributed by atoms with Gasteiger partial charge in [0.2, 0.25) is 0 Å². The van der Waals surface area contributed by atoms with Gasteiger partial charge in [-0.2, -0.15) is 0 Å². The van der Waals surface area contributed by atoms with Crippen LogP contribution in [0, 0.1) is 5.82 Å². The Hall–Kier alpha value is -1.66. The lowest BCUT2D eigenvalue weighted by Crippen LogP contribution is -2.24. The van der Waals surface area contributed by atoms with E-state index in [1.807, 2.05) is 12.1 Å². The average Bonchev–Trinajstić information content (AvgIpc) is 2.61. The molecule has 0 aliphatic carbocycles. The summed E-state index contributed by atoms with van der Waals surface area (Å²) in [6, 6.07) is 12.0. The van der Waals surface area contributed by atoms with E-state index in [2.05, 4.69) is 10.6 Å². The number of nitrogens with one attached hydrogen (secondary N) is 2. The van der Waals surface area contributed by atoms with Crippen molar-refractivity contribution in [3.05, 3.63) is 64.4 Å². The van der Waals surface area contributed by atoms with Crippen molar-refractivity contribution in [2.24, 2.45) is 0 Å². The maximum Gasteiger partial charge on any atom is 0.129 e. The van der Waals surface area contributed by atoms with Crippen LogP contribution >= 0.6 is 11.6 Å². The molecule has 0 aromatic heterocycles. The number of halogens is 2. The van der Waals surface area contributed by atoms with Gasteiger partial charge in [-0.15, -0.1) is 0 Å². The van der Waals surface area contributed by atoms with Crippen molar-refractivity contribution in [1.82, 2.24) is 10.6 Å². The molecule has 25 heavy (non-hydrogen) atoms. The van der Waals surface area contributed by atoms with Crippen molar-refractivity contribution in [3.8, 4) is 5.75 Å². The zero-order valence-electron chi connectivity index (χ0n) is 14.1. The Morgan fingerprint density at radius 2 is 1.80 bits per heavy atom. The molecule has 6 heteroatoms. The van der Waals surface area contributed by atoms with Crippen molar-refractivity contribution in [2.45, 2.75) is 19.6 Å². The van der Waals surface area contributed by atoms with Crippen molar-refractivity contribution < 1.29 is 14.2 Å². The smallest absolute Gasteiger partial charge is 0.129 e. The first-order chi connectivity index (χ1) is 12.2. The summed E-state index contributed by atoms with van der Waals surface area (Å²) in [7, 11) is 0. The number of aliphatic hydroxyl groups is 1. The molecular formula is C19H24ClFN2O2. The van der Waals surface area contributed by atoms with Crippen LogP contribution in [0.3, 0.4) is 0 Å². The predicted octanol–water partition coefficient (Wildman–Crippen LogP) is 3.12. The number of hydrogen-bond donors (Lipinski definition) is 3. The third-order valence-electron chi connectivity index (χ3n) is 3.67. The van der Waals surface area contributed by atoms with Gasteiger partial charge >= 0.3 is 0 Å². The van der Waals surface area contributed by atoms with Crippen molar-refractivity contribution in [3.63, 3.8) is 0 Å². The molecule has 0 fully saturated rings. The van der Waals surface area contributed by atoms with Crippen LogP contribution in [-0.4, -0.2) is 31.3 Å². The van der Waals surface area contributed by atoms with Gasteiger partial charge in [0.05, 0.1) is 6.61 Å². The summed E-state index contributed by atoms with van der Waals surface area (Å²) in [6.45, 7) is 3.23. The quantitative estimate of drug-likeness (QED) is 0.535. The first-order valence-corrected chi connectivity index (χ1v) is 8.75. The molecule has 3 N–H and O–H groups in total. The minimum Gasteiger partial charge on any atom is -0.488 e. The first kappa shape index (κ1) is 19.7. The van der Waals surface area contributed by atoms with Crippen LogP contribution < -0.4 is 15.4 Å². The topological polar surface area (TPSA) is 53.5 Å². The van der Waals surface area contributed by atoms with E-state index in [4.69, 9.17) is 21.4 Å². The van der Waals surface area contributed by atoms with Crippen LogP contribution in [0.5, 0.6) is 5.75 Å². The lowest BCUT2D eigenvalue weighted by Gasteiger charge is -2.13. The second-order valence-corrected chi connectivity index (χ2v) is 6.07. The first-order valence-electron chi connectivity index (χ1n) is 8.37. The summed E-state index contributed by atoms with van der Waals surface area (Å²) in [5, 5.41) is 15.8. The Kier molecular flexibility index (Phi) is 8.69. The average molecular weight is 367 g/mol. The Balaban J connectivity index is 1.85. The van der Waals surface area contributed by atoms with E-state index in [0.29, 0.717) is 29.4 Å². The maximum atomic E-state index is 13.7. The SMILES string of the molecule is OCCNCCCNCc1cc(Cl)ccc1OCc1ccccc1F. The largest absolute Gasteiger partial charge is 0.488 e. The van der Waals surface area contributed by atoms with Gasteiger partial charge in [0.15, 0.2) is 0 Å². The standard InChI is InChI=1S/C19H24ClFN2O2/c20-17-6-7-19(25-14-15-4-1-2-5-18(15)21)16(12-17)13-23-9-3-8-22-10-11-24/h1-2,4-7,12,22-24H,3,8-11,13-14H2. The van der Waals surface area contributed by atoms with Gasteiger partial charge in [0, 0.05) is 29.2 Å². The van der Waals surface area contributed by atoms with Crippen LogP contribution in [0.2, 0.25) is 5.02 Å². The molecule has 0 aliphatic rings. The fourth-order valence-electron chi connectivity index (χ4n) is 2.36. The Bertz CT molecular complexity index is 655. The summed E-state index contributed by atoms with van der Waals surface area (Å²) in [5.41, 5.74) is 1.46. The lowest BCUT2D eigenvalue weighted by atomic mass is 10.2. The molecule has 0 unspecified atom stereocenters. The number of aliphatic hydroxyl groups excluding tert-OH is 1. The van der Waals surface area contributed by atoms with E-state index in [1.165, 1.54) is 6.07 Å². The number of hydrogen-bond acceptors (Lipinski definition) is 4. The molecule has 0 atom stereocenters. The molecule has 0 aliphatic heterocycles. The van der Waals surface area contributed by atoms with Crippen LogP contribution in [0.25, 0.3) is 0 Å². The van der Waals surface area contributed by atoms with Crippen molar-refractivity contribution in [1.29, 1.82) is 0 Å². The summed E-state index contributed by atoms with van der Waals surface area (Å²) < 4.78 is 19.5. The summed E-state index contributed by atoms with van der Waals surface area (Å²) in [6.07, 6.45) is 0.950. The monoisotopic (exact) mass is 366 g/mol. The highest BCUT2D eigenvalue weighted by atomic mass is 35.5. The van der Waals surface area contributed by atoms with Gasteiger partial charge in [-0.3, -0.25) is 0 Å². The van der Waals surface area contributed by atoms with Gasteiger partial charge in [0.25, 0.3) is 0 Å². The molecule has 0 amide bonds. The molecule has 0 saturated heterocycles. The number of rotatable bonds is 11. The molecule has 2 aromatic rings. The minimum atomic E-state index is -0.272. The Morgan fingerprint density at radius 3 is 2.60 bits per heavy atom. The number of benzene rings is 2. The summed E-state index contributed by atoms with van der Waals surface area (Å²) in [5.74, 6) is 0.421. The molecule has 0 heterocycles. The molecule has 2 rings (SSSR count). The Labute approximate surface area is 153 Å². The zero-order valence-corrected chi connectivity index (χ0v) is 14.9. The number of ether oxygens (including phenoxy) is 1. The van der Waals surface area contributed by atoms with Gasteiger partial charge in [-0.25, -0.2) is 4.39 Å². The molecule has 136 valence electrons. The van der Waals surface area contributed by atoms with Crippen LogP contribution in [0.1, 0.15) is 17.5 Å². The summed E-state index contributed by atoms with van der Waals surface area (Å²) in [4.78, 5) is 0. The summed E-state index contributed by atoms with van der Waals surface area (Å²) >= 11 is 6.08. The molecule has 0 saturated carbocycles. The normalized spacial score (nSPS) is 10.8. The molecule has 4 nitrogen and oxygen atoms in total. The molecule has 0 bridgehead atoms. The lowest BCUT2D eigenvalue weighted by molar-refractivity contribution is 0.291. The molecular weight excluding hydrogens is 343 g/mol. The third kappa shape index (κ3) is 7.00. The second-order valence-electron chi connectivity index (χ2n) is 5.64. The molecule has 0 radical (unpaired) electrons. The molecule has 2 aromatic carbocycles. The van der Waals surface area contributed by atoms with Crippen LogP contribution in [-0.2, 0) is 13.2 Å². The molecule has 0 spiro atoms. The Morgan fingerprint density at radius 1 is 1.00 bits per heavy atom. The second kappa shape index (κ2) is 11.1. The third-order valence-corrected chi connectivity index (χ3v) is 3.91. The van der Waals surface area contributed by atoms with Crippen molar-refractivity contribution >= 4 is 11.6 Å².